The molecule has 2 aromatic rings. The van der Waals surface area contributed by atoms with Crippen LogP contribution >= 0.6 is 0 Å². The largest absolute Gasteiger partial charge is 0.482 e. The molecule has 2 N–H and O–H groups in total. The molecule has 7 nitrogen and oxygen atoms in total. The molecule has 2 fully saturated rings. The average Bonchev–Trinajstić information content (AvgIpc) is 3.12. The third-order valence-corrected chi connectivity index (χ3v) is 5.96. The van der Waals surface area contributed by atoms with Crippen LogP contribution in [-0.4, -0.2) is 65.6 Å². The maximum atomic E-state index is 11.0. The first kappa shape index (κ1) is 19.8. The highest BCUT2D eigenvalue weighted by Crippen LogP contribution is 2.42. The van der Waals surface area contributed by atoms with Gasteiger partial charge in [-0.3, -0.25) is 9.88 Å². The zero-order valence-electron chi connectivity index (χ0n) is 16.3. The molecule has 2 aliphatic heterocycles. The molecule has 0 aliphatic carbocycles. The number of likely N-dealkylation sites (tertiary alicyclic amines) is 1. The molecule has 29 heavy (non-hydrogen) atoms. The van der Waals surface area contributed by atoms with Crippen molar-refractivity contribution in [3.63, 3.8) is 0 Å². The van der Waals surface area contributed by atoms with Gasteiger partial charge in [0.05, 0.1) is 18.9 Å². The SMILES string of the molecule is O=C(O)COc1ccc(-c2ccccn2)cc1CN1C[C@@H]2CCOC[C@]2(CO)C1. The third kappa shape index (κ3) is 4.27. The van der Waals surface area contributed by atoms with Gasteiger partial charge in [-0.15, -0.1) is 0 Å². The third-order valence-electron chi connectivity index (χ3n) is 5.96. The van der Waals surface area contributed by atoms with Crippen molar-refractivity contribution in [3.8, 4) is 17.0 Å². The van der Waals surface area contributed by atoms with Crippen LogP contribution in [0.25, 0.3) is 11.3 Å². The number of fused-ring (bicyclic) bond motifs is 1. The number of hydrogen-bond acceptors (Lipinski definition) is 6. The van der Waals surface area contributed by atoms with Crippen LogP contribution in [0.2, 0.25) is 0 Å². The Morgan fingerprint density at radius 1 is 1.34 bits per heavy atom. The molecular formula is C22H26N2O5. The minimum Gasteiger partial charge on any atom is -0.482 e. The van der Waals surface area contributed by atoms with Crippen LogP contribution in [0, 0.1) is 11.3 Å². The zero-order chi connectivity index (χ0) is 20.3. The Morgan fingerprint density at radius 3 is 2.97 bits per heavy atom. The minimum absolute atomic E-state index is 0.116. The van der Waals surface area contributed by atoms with Crippen molar-refractivity contribution >= 4 is 5.97 Å². The normalized spacial score (nSPS) is 24.2. The topological polar surface area (TPSA) is 92.1 Å². The summed E-state index contributed by atoms with van der Waals surface area (Å²) in [4.78, 5) is 17.7. The smallest absolute Gasteiger partial charge is 0.341 e. The van der Waals surface area contributed by atoms with Gasteiger partial charge in [-0.1, -0.05) is 6.07 Å². The van der Waals surface area contributed by atoms with Crippen LogP contribution in [0.15, 0.2) is 42.6 Å². The molecule has 0 bridgehead atoms. The first-order valence-corrected chi connectivity index (χ1v) is 9.89. The Labute approximate surface area is 169 Å². The maximum absolute atomic E-state index is 11.0. The number of carboxylic acids is 1. The van der Waals surface area contributed by atoms with Crippen molar-refractivity contribution in [3.05, 3.63) is 48.2 Å². The fourth-order valence-electron chi connectivity index (χ4n) is 4.47. The lowest BCUT2D eigenvalue weighted by atomic mass is 9.76. The van der Waals surface area contributed by atoms with Gasteiger partial charge in [0.2, 0.25) is 0 Å². The number of carboxylic acid groups (broad SMARTS) is 1. The van der Waals surface area contributed by atoms with Crippen LogP contribution in [0.1, 0.15) is 12.0 Å². The molecule has 154 valence electrons. The first-order valence-electron chi connectivity index (χ1n) is 9.89. The highest BCUT2D eigenvalue weighted by atomic mass is 16.5. The van der Waals surface area contributed by atoms with Crippen LogP contribution in [-0.2, 0) is 16.1 Å². The number of aromatic nitrogens is 1. The van der Waals surface area contributed by atoms with Gasteiger partial charge in [-0.25, -0.2) is 4.79 Å². The number of aliphatic carboxylic acids is 1. The summed E-state index contributed by atoms with van der Waals surface area (Å²) in [5.74, 6) is -0.0341. The van der Waals surface area contributed by atoms with Crippen molar-refractivity contribution in [1.82, 2.24) is 9.88 Å². The first-order chi connectivity index (χ1) is 14.1. The summed E-state index contributed by atoms with van der Waals surface area (Å²) >= 11 is 0. The van der Waals surface area contributed by atoms with E-state index in [1.165, 1.54) is 0 Å². The Hall–Kier alpha value is -2.48. The second-order valence-corrected chi connectivity index (χ2v) is 7.95. The predicted molar refractivity (Wildman–Crippen MR) is 107 cm³/mol. The number of nitrogens with zero attached hydrogens (tertiary/aromatic N) is 2. The number of benzene rings is 1. The molecule has 4 rings (SSSR count). The Kier molecular flexibility index (Phi) is 5.80. The van der Waals surface area contributed by atoms with E-state index < -0.39 is 5.97 Å². The zero-order valence-corrected chi connectivity index (χ0v) is 16.3. The number of rotatable bonds is 7. The molecule has 0 spiro atoms. The molecule has 1 aromatic carbocycles. The lowest BCUT2D eigenvalue weighted by Crippen LogP contribution is -2.42. The molecule has 2 aliphatic rings. The summed E-state index contributed by atoms with van der Waals surface area (Å²) in [6, 6.07) is 11.5. The van der Waals surface area contributed by atoms with Crippen LogP contribution in [0.3, 0.4) is 0 Å². The average molecular weight is 398 g/mol. The highest BCUT2D eigenvalue weighted by Gasteiger charge is 2.48. The summed E-state index contributed by atoms with van der Waals surface area (Å²) in [5.41, 5.74) is 2.52. The molecule has 1 aromatic heterocycles. The van der Waals surface area contributed by atoms with Gasteiger partial charge in [-0.05, 0) is 42.7 Å². The van der Waals surface area contributed by atoms with E-state index in [9.17, 15) is 9.90 Å². The number of pyridine rings is 1. The Morgan fingerprint density at radius 2 is 2.24 bits per heavy atom. The van der Waals surface area contributed by atoms with Gasteiger partial charge >= 0.3 is 5.97 Å². The van der Waals surface area contributed by atoms with E-state index in [0.717, 1.165) is 42.9 Å². The molecule has 0 radical (unpaired) electrons. The fraction of sp³-hybridized carbons (Fsp3) is 0.455. The molecule has 7 heteroatoms. The monoisotopic (exact) mass is 398 g/mol. The van der Waals surface area contributed by atoms with Gasteiger partial charge < -0.3 is 19.7 Å². The molecule has 0 unspecified atom stereocenters. The van der Waals surface area contributed by atoms with Crippen molar-refractivity contribution in [2.24, 2.45) is 11.3 Å². The van der Waals surface area contributed by atoms with E-state index in [1.807, 2.05) is 36.4 Å². The van der Waals surface area contributed by atoms with Crippen LogP contribution < -0.4 is 4.74 Å². The van der Waals surface area contributed by atoms with Crippen molar-refractivity contribution in [2.75, 3.05) is 39.5 Å². The highest BCUT2D eigenvalue weighted by molar-refractivity contribution is 5.69. The van der Waals surface area contributed by atoms with Gasteiger partial charge in [0.25, 0.3) is 0 Å². The molecule has 0 amide bonds. The number of hydrogen-bond donors (Lipinski definition) is 2. The number of carbonyl (C=O) groups is 1. The summed E-state index contributed by atoms with van der Waals surface area (Å²) in [6.07, 6.45) is 2.70. The van der Waals surface area contributed by atoms with Crippen LogP contribution in [0.5, 0.6) is 5.75 Å². The van der Waals surface area contributed by atoms with Crippen molar-refractivity contribution in [2.45, 2.75) is 13.0 Å². The molecule has 0 saturated carbocycles. The van der Waals surface area contributed by atoms with E-state index in [-0.39, 0.29) is 18.6 Å². The van der Waals surface area contributed by atoms with Crippen molar-refractivity contribution in [1.29, 1.82) is 0 Å². The number of aliphatic hydroxyl groups is 1. The molecule has 3 heterocycles. The quantitative estimate of drug-likeness (QED) is 0.737. The second-order valence-electron chi connectivity index (χ2n) is 7.95. The summed E-state index contributed by atoms with van der Waals surface area (Å²) in [5, 5.41) is 19.0. The molecule has 2 atom stereocenters. The predicted octanol–water partition coefficient (Wildman–Crippen LogP) is 2.04. The van der Waals surface area contributed by atoms with E-state index in [0.29, 0.717) is 24.8 Å². The maximum Gasteiger partial charge on any atom is 0.341 e. The van der Waals surface area contributed by atoms with Gasteiger partial charge in [-0.2, -0.15) is 0 Å². The van der Waals surface area contributed by atoms with E-state index >= 15 is 0 Å². The fourth-order valence-corrected chi connectivity index (χ4v) is 4.47. The van der Waals surface area contributed by atoms with Gasteiger partial charge in [0.1, 0.15) is 5.75 Å². The summed E-state index contributed by atoms with van der Waals surface area (Å²) in [7, 11) is 0. The van der Waals surface area contributed by atoms with Gasteiger partial charge in [0, 0.05) is 49.0 Å². The number of aliphatic hydroxyl groups excluding tert-OH is 1. The van der Waals surface area contributed by atoms with E-state index in [2.05, 4.69) is 9.88 Å². The molecule has 2 saturated heterocycles. The standard InChI is InChI=1S/C22H26N2O5/c25-14-22-13-24(11-18(22)6-8-28-15-22)10-17-9-16(19-3-1-2-7-23-19)4-5-20(17)29-12-21(26)27/h1-5,7,9,18,25H,6,8,10-15H2,(H,26,27)/t18-,22+/m0/s1. The van der Waals surface area contributed by atoms with E-state index in [4.69, 9.17) is 14.6 Å². The lowest BCUT2D eigenvalue weighted by molar-refractivity contribution is -0.139. The molecular weight excluding hydrogens is 372 g/mol. The lowest BCUT2D eigenvalue weighted by Gasteiger charge is -2.36. The van der Waals surface area contributed by atoms with E-state index in [1.54, 1.807) is 6.20 Å². The second kappa shape index (κ2) is 8.49. The summed E-state index contributed by atoms with van der Waals surface area (Å²) in [6.45, 7) is 3.31. The Bertz CT molecular complexity index is 860. The Balaban J connectivity index is 1.59. The van der Waals surface area contributed by atoms with Crippen molar-refractivity contribution < 1.29 is 24.5 Å². The van der Waals surface area contributed by atoms with Gasteiger partial charge in [0.15, 0.2) is 6.61 Å². The van der Waals surface area contributed by atoms with Crippen LogP contribution in [0.4, 0.5) is 0 Å². The minimum atomic E-state index is -1.01. The summed E-state index contributed by atoms with van der Waals surface area (Å²) < 4.78 is 11.2. The number of ether oxygens (including phenoxy) is 2.